The highest BCUT2D eigenvalue weighted by Gasteiger charge is 2.23. The molecule has 3 unspecified atom stereocenters. The number of hydrogen-bond donors (Lipinski definition) is 1. The summed E-state index contributed by atoms with van der Waals surface area (Å²) >= 11 is 3.54. The SMILES string of the molecule is CCC1CCCC(Oc2ccc(Br)cc2CC(C)N)C1. The second-order valence-corrected chi connectivity index (χ2v) is 7.03. The van der Waals surface area contributed by atoms with Crippen LogP contribution in [0.15, 0.2) is 22.7 Å². The Morgan fingerprint density at radius 2 is 2.20 bits per heavy atom. The minimum atomic E-state index is 0.154. The first-order valence-electron chi connectivity index (χ1n) is 7.79. The van der Waals surface area contributed by atoms with Crippen molar-refractivity contribution in [3.63, 3.8) is 0 Å². The number of halogens is 1. The predicted molar refractivity (Wildman–Crippen MR) is 88.2 cm³/mol. The van der Waals surface area contributed by atoms with E-state index in [1.54, 1.807) is 0 Å². The smallest absolute Gasteiger partial charge is 0.123 e. The Bertz CT molecular complexity index is 433. The summed E-state index contributed by atoms with van der Waals surface area (Å²) in [7, 11) is 0. The normalized spacial score (nSPS) is 24.4. The van der Waals surface area contributed by atoms with Crippen molar-refractivity contribution in [2.24, 2.45) is 11.7 Å². The lowest BCUT2D eigenvalue weighted by Gasteiger charge is -2.29. The molecule has 1 aliphatic carbocycles. The van der Waals surface area contributed by atoms with Crippen LogP contribution in [0, 0.1) is 5.92 Å². The number of hydrogen-bond acceptors (Lipinski definition) is 2. The number of benzene rings is 1. The van der Waals surface area contributed by atoms with Gasteiger partial charge in [-0.15, -0.1) is 0 Å². The largest absolute Gasteiger partial charge is 0.490 e. The summed E-state index contributed by atoms with van der Waals surface area (Å²) in [4.78, 5) is 0. The molecular weight excluding hydrogens is 314 g/mol. The molecule has 0 amide bonds. The van der Waals surface area contributed by atoms with Gasteiger partial charge in [0.1, 0.15) is 5.75 Å². The fraction of sp³-hybridized carbons (Fsp3) is 0.647. The summed E-state index contributed by atoms with van der Waals surface area (Å²) in [6.07, 6.45) is 7.55. The highest BCUT2D eigenvalue weighted by Crippen LogP contribution is 2.32. The zero-order valence-electron chi connectivity index (χ0n) is 12.6. The van der Waals surface area contributed by atoms with E-state index < -0.39 is 0 Å². The van der Waals surface area contributed by atoms with Crippen molar-refractivity contribution in [1.82, 2.24) is 0 Å². The minimum absolute atomic E-state index is 0.154. The van der Waals surface area contributed by atoms with Crippen LogP contribution in [0.2, 0.25) is 0 Å². The fourth-order valence-electron chi connectivity index (χ4n) is 3.07. The second-order valence-electron chi connectivity index (χ2n) is 6.11. The monoisotopic (exact) mass is 339 g/mol. The van der Waals surface area contributed by atoms with Crippen LogP contribution in [-0.2, 0) is 6.42 Å². The first-order chi connectivity index (χ1) is 9.58. The molecule has 2 N–H and O–H groups in total. The van der Waals surface area contributed by atoms with Gasteiger partial charge in [0, 0.05) is 10.5 Å². The van der Waals surface area contributed by atoms with Crippen LogP contribution in [0.4, 0.5) is 0 Å². The molecule has 0 spiro atoms. The van der Waals surface area contributed by atoms with Gasteiger partial charge in [-0.1, -0.05) is 35.7 Å². The van der Waals surface area contributed by atoms with Crippen molar-refractivity contribution in [3.05, 3.63) is 28.2 Å². The van der Waals surface area contributed by atoms with E-state index in [2.05, 4.69) is 41.1 Å². The molecule has 0 heterocycles. The Labute approximate surface area is 131 Å². The van der Waals surface area contributed by atoms with Crippen LogP contribution in [0.1, 0.15) is 51.5 Å². The first kappa shape index (κ1) is 15.8. The maximum absolute atomic E-state index is 6.30. The van der Waals surface area contributed by atoms with Crippen LogP contribution >= 0.6 is 15.9 Å². The molecule has 0 aromatic heterocycles. The fourth-order valence-corrected chi connectivity index (χ4v) is 3.48. The van der Waals surface area contributed by atoms with E-state index in [0.717, 1.165) is 22.6 Å². The molecule has 3 atom stereocenters. The van der Waals surface area contributed by atoms with Gasteiger partial charge in [-0.05, 0) is 62.3 Å². The molecule has 0 saturated heterocycles. The van der Waals surface area contributed by atoms with Crippen LogP contribution < -0.4 is 10.5 Å². The molecule has 3 heteroatoms. The van der Waals surface area contributed by atoms with Gasteiger partial charge in [0.2, 0.25) is 0 Å². The Kier molecular flexibility index (Phi) is 5.91. The van der Waals surface area contributed by atoms with Crippen LogP contribution in [-0.4, -0.2) is 12.1 Å². The summed E-state index contributed by atoms with van der Waals surface area (Å²) in [5.74, 6) is 1.85. The summed E-state index contributed by atoms with van der Waals surface area (Å²) in [6.45, 7) is 4.33. The first-order valence-corrected chi connectivity index (χ1v) is 8.58. The van der Waals surface area contributed by atoms with Crippen LogP contribution in [0.3, 0.4) is 0 Å². The standard InChI is InChI=1S/C17H26BrNO/c1-3-13-5-4-6-16(10-13)20-17-8-7-15(18)11-14(17)9-12(2)19/h7-8,11-13,16H,3-6,9-10,19H2,1-2H3. The third-order valence-electron chi connectivity index (χ3n) is 4.17. The topological polar surface area (TPSA) is 35.2 Å². The molecule has 1 aromatic carbocycles. The zero-order chi connectivity index (χ0) is 14.5. The third kappa shape index (κ3) is 4.49. The summed E-state index contributed by atoms with van der Waals surface area (Å²) in [5, 5.41) is 0. The molecule has 112 valence electrons. The lowest BCUT2D eigenvalue weighted by Crippen LogP contribution is -2.26. The average Bonchev–Trinajstić information content (AvgIpc) is 2.41. The molecule has 0 radical (unpaired) electrons. The third-order valence-corrected chi connectivity index (χ3v) is 4.66. The Hall–Kier alpha value is -0.540. The van der Waals surface area contributed by atoms with E-state index in [1.165, 1.54) is 37.7 Å². The maximum Gasteiger partial charge on any atom is 0.123 e. The van der Waals surface area contributed by atoms with E-state index in [4.69, 9.17) is 10.5 Å². The lowest BCUT2D eigenvalue weighted by molar-refractivity contribution is 0.121. The second kappa shape index (κ2) is 7.46. The van der Waals surface area contributed by atoms with E-state index >= 15 is 0 Å². The molecule has 0 bridgehead atoms. The Morgan fingerprint density at radius 3 is 2.90 bits per heavy atom. The molecular formula is C17H26BrNO. The average molecular weight is 340 g/mol. The Balaban J connectivity index is 2.07. The lowest BCUT2D eigenvalue weighted by atomic mass is 9.85. The highest BCUT2D eigenvalue weighted by atomic mass is 79.9. The van der Waals surface area contributed by atoms with Crippen molar-refractivity contribution >= 4 is 15.9 Å². The summed E-state index contributed by atoms with van der Waals surface area (Å²) in [6, 6.07) is 6.43. The highest BCUT2D eigenvalue weighted by molar-refractivity contribution is 9.10. The molecule has 1 aliphatic rings. The van der Waals surface area contributed by atoms with Crippen molar-refractivity contribution < 1.29 is 4.74 Å². The van der Waals surface area contributed by atoms with Gasteiger partial charge in [0.15, 0.2) is 0 Å². The van der Waals surface area contributed by atoms with Gasteiger partial charge in [-0.25, -0.2) is 0 Å². The quantitative estimate of drug-likeness (QED) is 0.844. The van der Waals surface area contributed by atoms with Crippen molar-refractivity contribution in [3.8, 4) is 5.75 Å². The van der Waals surface area contributed by atoms with Gasteiger partial charge >= 0.3 is 0 Å². The van der Waals surface area contributed by atoms with Gasteiger partial charge in [-0.3, -0.25) is 0 Å². The molecule has 2 rings (SSSR count). The van der Waals surface area contributed by atoms with Gasteiger partial charge in [-0.2, -0.15) is 0 Å². The van der Waals surface area contributed by atoms with E-state index in [9.17, 15) is 0 Å². The summed E-state index contributed by atoms with van der Waals surface area (Å²) in [5.41, 5.74) is 7.17. The maximum atomic E-state index is 6.30. The van der Waals surface area contributed by atoms with Gasteiger partial charge in [0.05, 0.1) is 6.10 Å². The van der Waals surface area contributed by atoms with E-state index in [-0.39, 0.29) is 6.04 Å². The molecule has 20 heavy (non-hydrogen) atoms. The molecule has 2 nitrogen and oxygen atoms in total. The number of ether oxygens (including phenoxy) is 1. The van der Waals surface area contributed by atoms with Crippen molar-refractivity contribution in [1.29, 1.82) is 0 Å². The summed E-state index contributed by atoms with van der Waals surface area (Å²) < 4.78 is 7.39. The Morgan fingerprint density at radius 1 is 1.40 bits per heavy atom. The van der Waals surface area contributed by atoms with Crippen molar-refractivity contribution in [2.45, 2.75) is 64.5 Å². The van der Waals surface area contributed by atoms with E-state index in [1.807, 2.05) is 6.92 Å². The molecule has 0 aliphatic heterocycles. The van der Waals surface area contributed by atoms with Crippen LogP contribution in [0.5, 0.6) is 5.75 Å². The van der Waals surface area contributed by atoms with Crippen molar-refractivity contribution in [2.75, 3.05) is 0 Å². The predicted octanol–water partition coefficient (Wildman–Crippen LogP) is 4.69. The van der Waals surface area contributed by atoms with Gasteiger partial charge < -0.3 is 10.5 Å². The zero-order valence-corrected chi connectivity index (χ0v) is 14.2. The number of nitrogens with two attached hydrogens (primary N) is 1. The molecule has 1 fully saturated rings. The number of rotatable bonds is 5. The van der Waals surface area contributed by atoms with Crippen LogP contribution in [0.25, 0.3) is 0 Å². The van der Waals surface area contributed by atoms with Gasteiger partial charge in [0.25, 0.3) is 0 Å². The molecule has 1 aromatic rings. The molecule has 1 saturated carbocycles. The minimum Gasteiger partial charge on any atom is -0.490 e. The van der Waals surface area contributed by atoms with E-state index in [0.29, 0.717) is 6.10 Å².